The van der Waals surface area contributed by atoms with Crippen molar-refractivity contribution in [1.82, 2.24) is 10.2 Å². The maximum Gasteiger partial charge on any atom is 0.242 e. The topological polar surface area (TPSA) is 32.3 Å². The van der Waals surface area contributed by atoms with Crippen molar-refractivity contribution in [2.45, 2.75) is 76.8 Å². The Morgan fingerprint density at radius 1 is 1.28 bits per heavy atom. The standard InChI is InChI=1S/C15H28N2O/c1-3-13-9-5-4-8-12-17(13)14(18)15(2)10-6-7-11-16-15/h13,16H,3-12H2,1-2H3. The van der Waals surface area contributed by atoms with Gasteiger partial charge in [-0.25, -0.2) is 0 Å². The third-order valence-corrected chi connectivity index (χ3v) is 4.70. The van der Waals surface area contributed by atoms with E-state index in [1.54, 1.807) is 0 Å². The van der Waals surface area contributed by atoms with Crippen LogP contribution in [-0.4, -0.2) is 35.5 Å². The number of likely N-dealkylation sites (tertiary alicyclic amines) is 1. The van der Waals surface area contributed by atoms with E-state index in [0.717, 1.165) is 25.9 Å². The predicted octanol–water partition coefficient (Wildman–Crippen LogP) is 2.70. The number of nitrogens with zero attached hydrogens (tertiary/aromatic N) is 1. The molecule has 2 aliphatic rings. The quantitative estimate of drug-likeness (QED) is 0.819. The molecule has 2 heterocycles. The average Bonchev–Trinajstić information content (AvgIpc) is 2.63. The van der Waals surface area contributed by atoms with Crippen LogP contribution < -0.4 is 5.32 Å². The normalized spacial score (nSPS) is 34.1. The molecule has 0 bridgehead atoms. The molecule has 0 aromatic heterocycles. The maximum absolute atomic E-state index is 12.9. The molecule has 1 N–H and O–H groups in total. The molecule has 2 atom stereocenters. The summed E-state index contributed by atoms with van der Waals surface area (Å²) in [5.74, 6) is 0.357. The number of piperidine rings is 1. The Morgan fingerprint density at radius 2 is 2.11 bits per heavy atom. The van der Waals surface area contributed by atoms with Crippen molar-refractivity contribution in [1.29, 1.82) is 0 Å². The minimum absolute atomic E-state index is 0.296. The fraction of sp³-hybridized carbons (Fsp3) is 0.933. The van der Waals surface area contributed by atoms with Gasteiger partial charge >= 0.3 is 0 Å². The van der Waals surface area contributed by atoms with Crippen LogP contribution in [0.4, 0.5) is 0 Å². The van der Waals surface area contributed by atoms with Gasteiger partial charge in [0.05, 0.1) is 5.54 Å². The van der Waals surface area contributed by atoms with Crippen molar-refractivity contribution in [3.05, 3.63) is 0 Å². The highest BCUT2D eigenvalue weighted by Crippen LogP contribution is 2.26. The second-order valence-corrected chi connectivity index (χ2v) is 6.13. The monoisotopic (exact) mass is 252 g/mol. The Kier molecular flexibility index (Phi) is 4.66. The first kappa shape index (κ1) is 13.9. The molecule has 18 heavy (non-hydrogen) atoms. The van der Waals surface area contributed by atoms with Gasteiger partial charge in [0, 0.05) is 12.6 Å². The summed E-state index contributed by atoms with van der Waals surface area (Å²) in [5.41, 5.74) is -0.296. The molecule has 0 aromatic carbocycles. The van der Waals surface area contributed by atoms with Crippen molar-refractivity contribution >= 4 is 5.91 Å². The van der Waals surface area contributed by atoms with Crippen molar-refractivity contribution in [2.24, 2.45) is 0 Å². The van der Waals surface area contributed by atoms with E-state index in [2.05, 4.69) is 24.1 Å². The molecule has 3 nitrogen and oxygen atoms in total. The number of nitrogens with one attached hydrogen (secondary N) is 1. The zero-order valence-corrected chi connectivity index (χ0v) is 12.0. The van der Waals surface area contributed by atoms with Gasteiger partial charge in [-0.15, -0.1) is 0 Å². The molecule has 1 amide bonds. The van der Waals surface area contributed by atoms with Gasteiger partial charge in [-0.05, 0) is 52.0 Å². The third kappa shape index (κ3) is 2.87. The summed E-state index contributed by atoms with van der Waals surface area (Å²) in [6.07, 6.45) is 9.42. The molecule has 2 saturated heterocycles. The van der Waals surface area contributed by atoms with E-state index >= 15 is 0 Å². The van der Waals surface area contributed by atoms with E-state index in [0.29, 0.717) is 11.9 Å². The third-order valence-electron chi connectivity index (χ3n) is 4.70. The zero-order chi connectivity index (χ0) is 13.0. The van der Waals surface area contributed by atoms with Crippen LogP contribution in [0.2, 0.25) is 0 Å². The smallest absolute Gasteiger partial charge is 0.242 e. The molecule has 0 aromatic rings. The minimum Gasteiger partial charge on any atom is -0.338 e. The minimum atomic E-state index is -0.296. The summed E-state index contributed by atoms with van der Waals surface area (Å²) < 4.78 is 0. The van der Waals surface area contributed by atoms with Crippen LogP contribution in [0.5, 0.6) is 0 Å². The maximum atomic E-state index is 12.9. The zero-order valence-electron chi connectivity index (χ0n) is 12.0. The Morgan fingerprint density at radius 3 is 2.78 bits per heavy atom. The molecule has 0 spiro atoms. The lowest BCUT2D eigenvalue weighted by Gasteiger charge is -2.40. The molecule has 0 radical (unpaired) electrons. The summed E-state index contributed by atoms with van der Waals surface area (Å²) in [6, 6.07) is 0.473. The van der Waals surface area contributed by atoms with E-state index in [4.69, 9.17) is 0 Å². The molecule has 2 fully saturated rings. The van der Waals surface area contributed by atoms with Gasteiger partial charge in [-0.2, -0.15) is 0 Å². The van der Waals surface area contributed by atoms with E-state index in [1.165, 1.54) is 38.5 Å². The highest BCUT2D eigenvalue weighted by molar-refractivity contribution is 5.86. The van der Waals surface area contributed by atoms with Crippen molar-refractivity contribution in [3.63, 3.8) is 0 Å². The van der Waals surface area contributed by atoms with Gasteiger partial charge < -0.3 is 10.2 Å². The van der Waals surface area contributed by atoms with E-state index in [1.807, 2.05) is 0 Å². The lowest BCUT2D eigenvalue weighted by Crippen LogP contribution is -2.59. The lowest BCUT2D eigenvalue weighted by molar-refractivity contribution is -0.141. The number of hydrogen-bond acceptors (Lipinski definition) is 2. The second-order valence-electron chi connectivity index (χ2n) is 6.13. The lowest BCUT2D eigenvalue weighted by atomic mass is 9.88. The van der Waals surface area contributed by atoms with Gasteiger partial charge in [0.2, 0.25) is 5.91 Å². The van der Waals surface area contributed by atoms with Crippen LogP contribution in [0.15, 0.2) is 0 Å². The van der Waals surface area contributed by atoms with Crippen LogP contribution in [-0.2, 0) is 4.79 Å². The molecular weight excluding hydrogens is 224 g/mol. The fourth-order valence-corrected chi connectivity index (χ4v) is 3.42. The number of amides is 1. The first-order valence-electron chi connectivity index (χ1n) is 7.73. The highest BCUT2D eigenvalue weighted by Gasteiger charge is 2.39. The molecule has 2 aliphatic heterocycles. The summed E-state index contributed by atoms with van der Waals surface area (Å²) in [4.78, 5) is 15.0. The summed E-state index contributed by atoms with van der Waals surface area (Å²) in [6.45, 7) is 6.28. The first-order valence-corrected chi connectivity index (χ1v) is 7.73. The van der Waals surface area contributed by atoms with Gasteiger partial charge in [-0.3, -0.25) is 4.79 Å². The van der Waals surface area contributed by atoms with Crippen molar-refractivity contribution < 1.29 is 4.79 Å². The molecule has 3 heteroatoms. The van der Waals surface area contributed by atoms with Gasteiger partial charge in [-0.1, -0.05) is 19.8 Å². The fourth-order valence-electron chi connectivity index (χ4n) is 3.42. The van der Waals surface area contributed by atoms with Crippen LogP contribution in [0.25, 0.3) is 0 Å². The number of carbonyl (C=O) groups is 1. The Balaban J connectivity index is 2.09. The van der Waals surface area contributed by atoms with E-state index < -0.39 is 0 Å². The van der Waals surface area contributed by atoms with Gasteiger partial charge in [0.1, 0.15) is 0 Å². The second kappa shape index (κ2) is 6.05. The van der Waals surface area contributed by atoms with Crippen LogP contribution in [0.3, 0.4) is 0 Å². The first-order chi connectivity index (χ1) is 8.67. The highest BCUT2D eigenvalue weighted by atomic mass is 16.2. The molecule has 0 aliphatic carbocycles. The number of rotatable bonds is 2. The number of hydrogen-bond donors (Lipinski definition) is 1. The molecule has 2 unspecified atom stereocenters. The summed E-state index contributed by atoms with van der Waals surface area (Å²) in [7, 11) is 0. The Bertz CT molecular complexity index is 284. The number of carbonyl (C=O) groups excluding carboxylic acids is 1. The van der Waals surface area contributed by atoms with Crippen LogP contribution >= 0.6 is 0 Å². The summed E-state index contributed by atoms with van der Waals surface area (Å²) >= 11 is 0. The SMILES string of the molecule is CCC1CCCCCN1C(=O)C1(C)CCCCN1. The summed E-state index contributed by atoms with van der Waals surface area (Å²) in [5, 5.41) is 3.47. The molecular formula is C15H28N2O. The van der Waals surface area contributed by atoms with Gasteiger partial charge in [0.15, 0.2) is 0 Å². The largest absolute Gasteiger partial charge is 0.338 e. The molecule has 0 saturated carbocycles. The van der Waals surface area contributed by atoms with Crippen molar-refractivity contribution in [3.8, 4) is 0 Å². The van der Waals surface area contributed by atoms with Crippen molar-refractivity contribution in [2.75, 3.05) is 13.1 Å². The average molecular weight is 252 g/mol. The molecule has 104 valence electrons. The van der Waals surface area contributed by atoms with Gasteiger partial charge in [0.25, 0.3) is 0 Å². The van der Waals surface area contributed by atoms with Crippen LogP contribution in [0, 0.1) is 0 Å². The Hall–Kier alpha value is -0.570. The Labute approximate surface area is 111 Å². The van der Waals surface area contributed by atoms with E-state index in [-0.39, 0.29) is 5.54 Å². The molecule has 2 rings (SSSR count). The predicted molar refractivity (Wildman–Crippen MR) is 74.5 cm³/mol. The van der Waals surface area contributed by atoms with E-state index in [9.17, 15) is 4.79 Å². The van der Waals surface area contributed by atoms with Crippen LogP contribution in [0.1, 0.15) is 65.2 Å².